The van der Waals surface area contributed by atoms with Crippen LogP contribution < -0.4 is 5.32 Å². The highest BCUT2D eigenvalue weighted by Gasteiger charge is 2.12. The molecule has 0 aliphatic carbocycles. The van der Waals surface area contributed by atoms with E-state index in [4.69, 9.17) is 0 Å². The van der Waals surface area contributed by atoms with Crippen LogP contribution in [-0.4, -0.2) is 41.6 Å². The molecule has 0 radical (unpaired) electrons. The van der Waals surface area contributed by atoms with Crippen LogP contribution >= 0.6 is 0 Å². The maximum atomic E-state index is 11.1. The lowest BCUT2D eigenvalue weighted by Gasteiger charge is -2.26. The molecular formula is C20H29N3O. The predicted octanol–water partition coefficient (Wildman–Crippen LogP) is 3.11. The van der Waals surface area contributed by atoms with Crippen molar-refractivity contribution in [1.82, 2.24) is 14.8 Å². The third-order valence-corrected chi connectivity index (χ3v) is 4.99. The summed E-state index contributed by atoms with van der Waals surface area (Å²) in [7, 11) is 0. The summed E-state index contributed by atoms with van der Waals surface area (Å²) in [4.78, 5) is 13.7. The lowest BCUT2D eigenvalue weighted by molar-refractivity contribution is -0.118. The van der Waals surface area contributed by atoms with Gasteiger partial charge in [-0.05, 0) is 57.0 Å². The van der Waals surface area contributed by atoms with Crippen LogP contribution in [0.25, 0.3) is 10.9 Å². The average Bonchev–Trinajstić information content (AvgIpc) is 2.91. The summed E-state index contributed by atoms with van der Waals surface area (Å²) in [6.07, 6.45) is 7.24. The van der Waals surface area contributed by atoms with Gasteiger partial charge < -0.3 is 14.8 Å². The van der Waals surface area contributed by atoms with E-state index >= 15 is 0 Å². The monoisotopic (exact) mass is 327 g/mol. The standard InChI is InChI=1S/C20H29N3O/c1-16-6-7-20-19(14-16)18(8-9-21-17(2)24)15-23(20)13-12-22-10-4-3-5-11-22/h6-7,14-15H,3-5,8-13H2,1-2H3,(H,21,24). The summed E-state index contributed by atoms with van der Waals surface area (Å²) in [6, 6.07) is 6.70. The second-order valence-electron chi connectivity index (χ2n) is 7.00. The van der Waals surface area contributed by atoms with E-state index < -0.39 is 0 Å². The Morgan fingerprint density at radius 2 is 1.96 bits per heavy atom. The van der Waals surface area contributed by atoms with Crippen LogP contribution in [0.5, 0.6) is 0 Å². The first kappa shape index (κ1) is 17.0. The highest BCUT2D eigenvalue weighted by molar-refractivity contribution is 5.85. The molecule has 0 unspecified atom stereocenters. The number of amides is 1. The molecule has 1 saturated heterocycles. The second kappa shape index (κ2) is 7.84. The number of piperidine rings is 1. The van der Waals surface area contributed by atoms with Crippen molar-refractivity contribution in [3.8, 4) is 0 Å². The maximum absolute atomic E-state index is 11.1. The normalized spacial score (nSPS) is 15.8. The number of aryl methyl sites for hydroxylation is 1. The van der Waals surface area contributed by atoms with Gasteiger partial charge in [-0.15, -0.1) is 0 Å². The minimum absolute atomic E-state index is 0.0417. The molecule has 1 aliphatic rings. The van der Waals surface area contributed by atoms with Crippen LogP contribution in [0.4, 0.5) is 0 Å². The van der Waals surface area contributed by atoms with Crippen LogP contribution in [0, 0.1) is 6.92 Å². The SMILES string of the molecule is CC(=O)NCCc1cn(CCN2CCCCC2)c2ccc(C)cc12. The molecule has 1 aromatic heterocycles. The fourth-order valence-electron chi connectivity index (χ4n) is 3.67. The first-order valence-corrected chi connectivity index (χ1v) is 9.18. The smallest absolute Gasteiger partial charge is 0.216 e. The third kappa shape index (κ3) is 4.18. The van der Waals surface area contributed by atoms with E-state index in [2.05, 4.69) is 46.1 Å². The molecule has 0 spiro atoms. The number of benzene rings is 1. The molecule has 4 nitrogen and oxygen atoms in total. The Morgan fingerprint density at radius 1 is 1.17 bits per heavy atom. The summed E-state index contributed by atoms with van der Waals surface area (Å²) in [6.45, 7) is 9.08. The summed E-state index contributed by atoms with van der Waals surface area (Å²) < 4.78 is 2.40. The van der Waals surface area contributed by atoms with Gasteiger partial charge in [0.1, 0.15) is 0 Å². The Bertz CT molecular complexity index is 698. The number of hydrogen-bond acceptors (Lipinski definition) is 2. The Kier molecular flexibility index (Phi) is 5.56. The second-order valence-corrected chi connectivity index (χ2v) is 7.00. The van der Waals surface area contributed by atoms with E-state index in [0.29, 0.717) is 6.54 Å². The predicted molar refractivity (Wildman–Crippen MR) is 99.4 cm³/mol. The molecule has 1 aliphatic heterocycles. The van der Waals surface area contributed by atoms with Crippen molar-refractivity contribution in [3.63, 3.8) is 0 Å². The number of hydrogen-bond donors (Lipinski definition) is 1. The Hall–Kier alpha value is -1.81. The molecule has 2 aromatic rings. The lowest BCUT2D eigenvalue weighted by Crippen LogP contribution is -2.32. The van der Waals surface area contributed by atoms with Gasteiger partial charge in [-0.25, -0.2) is 0 Å². The lowest BCUT2D eigenvalue weighted by atomic mass is 10.1. The van der Waals surface area contributed by atoms with Crippen LogP contribution in [0.1, 0.15) is 37.3 Å². The van der Waals surface area contributed by atoms with Gasteiger partial charge in [0.2, 0.25) is 5.91 Å². The van der Waals surface area contributed by atoms with Crippen LogP contribution in [0.15, 0.2) is 24.4 Å². The Morgan fingerprint density at radius 3 is 2.71 bits per heavy atom. The molecule has 130 valence electrons. The van der Waals surface area contributed by atoms with E-state index in [9.17, 15) is 4.79 Å². The topological polar surface area (TPSA) is 37.3 Å². The average molecular weight is 327 g/mol. The van der Waals surface area contributed by atoms with Crippen LogP contribution in [-0.2, 0) is 17.8 Å². The number of nitrogens with one attached hydrogen (secondary N) is 1. The van der Waals surface area contributed by atoms with E-state index in [1.165, 1.54) is 54.4 Å². The van der Waals surface area contributed by atoms with Gasteiger partial charge in [-0.1, -0.05) is 18.1 Å². The van der Waals surface area contributed by atoms with Crippen molar-refractivity contribution in [2.75, 3.05) is 26.2 Å². The minimum Gasteiger partial charge on any atom is -0.356 e. The molecule has 1 fully saturated rings. The number of nitrogens with zero attached hydrogens (tertiary/aromatic N) is 2. The molecule has 1 aromatic carbocycles. The van der Waals surface area contributed by atoms with Crippen molar-refractivity contribution < 1.29 is 4.79 Å². The van der Waals surface area contributed by atoms with Crippen molar-refractivity contribution in [2.24, 2.45) is 0 Å². The fourth-order valence-corrected chi connectivity index (χ4v) is 3.67. The van der Waals surface area contributed by atoms with E-state index in [-0.39, 0.29) is 5.91 Å². The zero-order valence-corrected chi connectivity index (χ0v) is 15.0. The number of carbonyl (C=O) groups is 1. The number of likely N-dealkylation sites (tertiary alicyclic amines) is 1. The van der Waals surface area contributed by atoms with Crippen molar-refractivity contribution >= 4 is 16.8 Å². The maximum Gasteiger partial charge on any atom is 0.216 e. The molecule has 3 rings (SSSR count). The quantitative estimate of drug-likeness (QED) is 0.885. The minimum atomic E-state index is 0.0417. The fraction of sp³-hybridized carbons (Fsp3) is 0.550. The summed E-state index contributed by atoms with van der Waals surface area (Å²) in [5.74, 6) is 0.0417. The molecule has 1 N–H and O–H groups in total. The highest BCUT2D eigenvalue weighted by atomic mass is 16.1. The molecule has 0 atom stereocenters. The van der Waals surface area contributed by atoms with Gasteiger partial charge in [0.15, 0.2) is 0 Å². The molecule has 4 heteroatoms. The highest BCUT2D eigenvalue weighted by Crippen LogP contribution is 2.23. The number of rotatable bonds is 6. The number of carbonyl (C=O) groups excluding carboxylic acids is 1. The van der Waals surface area contributed by atoms with Crippen LogP contribution in [0.2, 0.25) is 0 Å². The van der Waals surface area contributed by atoms with Gasteiger partial charge in [0.25, 0.3) is 0 Å². The zero-order valence-electron chi connectivity index (χ0n) is 15.0. The molecular weight excluding hydrogens is 298 g/mol. The van der Waals surface area contributed by atoms with E-state index in [0.717, 1.165) is 19.5 Å². The first-order chi connectivity index (χ1) is 11.6. The summed E-state index contributed by atoms with van der Waals surface area (Å²) in [5, 5.41) is 4.24. The summed E-state index contributed by atoms with van der Waals surface area (Å²) in [5.41, 5.74) is 3.94. The van der Waals surface area contributed by atoms with E-state index in [1.807, 2.05) is 0 Å². The zero-order chi connectivity index (χ0) is 16.9. The molecule has 0 bridgehead atoms. The first-order valence-electron chi connectivity index (χ1n) is 9.18. The van der Waals surface area contributed by atoms with E-state index in [1.54, 1.807) is 6.92 Å². The van der Waals surface area contributed by atoms with Crippen molar-refractivity contribution in [2.45, 2.75) is 46.1 Å². The Balaban J connectivity index is 1.75. The molecule has 24 heavy (non-hydrogen) atoms. The van der Waals surface area contributed by atoms with Crippen molar-refractivity contribution in [1.29, 1.82) is 0 Å². The summed E-state index contributed by atoms with van der Waals surface area (Å²) >= 11 is 0. The van der Waals surface area contributed by atoms with Gasteiger partial charge in [0.05, 0.1) is 0 Å². The van der Waals surface area contributed by atoms with Gasteiger partial charge in [-0.2, -0.15) is 0 Å². The van der Waals surface area contributed by atoms with Crippen molar-refractivity contribution in [3.05, 3.63) is 35.5 Å². The largest absolute Gasteiger partial charge is 0.356 e. The van der Waals surface area contributed by atoms with Gasteiger partial charge >= 0.3 is 0 Å². The third-order valence-electron chi connectivity index (χ3n) is 4.99. The molecule has 1 amide bonds. The van der Waals surface area contributed by atoms with Gasteiger partial charge in [-0.3, -0.25) is 4.79 Å². The Labute approximate surface area is 144 Å². The molecule has 0 saturated carbocycles. The van der Waals surface area contributed by atoms with Gasteiger partial charge in [0, 0.05) is 43.7 Å². The molecule has 2 heterocycles. The number of fused-ring (bicyclic) bond motifs is 1. The van der Waals surface area contributed by atoms with Crippen LogP contribution in [0.3, 0.4) is 0 Å². The number of aromatic nitrogens is 1.